The van der Waals surface area contributed by atoms with E-state index in [0.29, 0.717) is 21.4 Å². The normalized spacial score (nSPS) is 15.8. The number of nitrogens with zero attached hydrogens (tertiary/aromatic N) is 1. The van der Waals surface area contributed by atoms with Gasteiger partial charge in [0.25, 0.3) is 11.8 Å². The quantitative estimate of drug-likeness (QED) is 0.262. The molecule has 3 aromatic rings. The summed E-state index contributed by atoms with van der Waals surface area (Å²) in [6.07, 6.45) is -3.45. The molecule has 0 aliphatic carbocycles. The lowest BCUT2D eigenvalue weighted by molar-refractivity contribution is -0.137. The van der Waals surface area contributed by atoms with E-state index in [2.05, 4.69) is 5.32 Å². The van der Waals surface area contributed by atoms with Gasteiger partial charge in [0, 0.05) is 10.6 Å². The molecular formula is C22H11Cl2F3N2O3S. The van der Waals surface area contributed by atoms with Gasteiger partial charge in [0.2, 0.25) is 0 Å². The van der Waals surface area contributed by atoms with E-state index >= 15 is 0 Å². The standard InChI is InChI=1S/C22H11Cl2F3N2O3S/c23-12-4-6-17(24)15(9-12)18-7-5-14(32-18)10-16-19(30)28-21(33)29(20(16)31)13-3-1-2-11(8-13)22(25,26)27/h1-10H,(H,28,30,33)/b16-10+. The number of halogens is 5. The summed E-state index contributed by atoms with van der Waals surface area (Å²) in [7, 11) is 0. The summed E-state index contributed by atoms with van der Waals surface area (Å²) in [6, 6.07) is 11.9. The zero-order valence-electron chi connectivity index (χ0n) is 16.2. The van der Waals surface area contributed by atoms with Crippen LogP contribution in [0.1, 0.15) is 11.3 Å². The Morgan fingerprint density at radius 2 is 1.79 bits per heavy atom. The smallest absolute Gasteiger partial charge is 0.416 e. The van der Waals surface area contributed by atoms with Crippen molar-refractivity contribution in [2.24, 2.45) is 0 Å². The SMILES string of the molecule is O=C1NC(=S)N(c2cccc(C(F)(F)F)c2)C(=O)/C1=C/c1ccc(-c2cc(Cl)ccc2Cl)o1. The fraction of sp³-hybridized carbons (Fsp3) is 0.0455. The van der Waals surface area contributed by atoms with Crippen molar-refractivity contribution in [3.8, 4) is 11.3 Å². The van der Waals surface area contributed by atoms with Crippen molar-refractivity contribution in [1.29, 1.82) is 0 Å². The Balaban J connectivity index is 1.70. The van der Waals surface area contributed by atoms with Crippen molar-refractivity contribution in [1.82, 2.24) is 5.32 Å². The van der Waals surface area contributed by atoms with E-state index in [9.17, 15) is 22.8 Å². The topological polar surface area (TPSA) is 62.6 Å². The molecule has 1 N–H and O–H groups in total. The number of hydrogen-bond acceptors (Lipinski definition) is 4. The molecule has 1 saturated heterocycles. The van der Waals surface area contributed by atoms with Crippen LogP contribution in [0.25, 0.3) is 17.4 Å². The third-order valence-electron chi connectivity index (χ3n) is 4.64. The van der Waals surface area contributed by atoms with Gasteiger partial charge < -0.3 is 4.42 Å². The van der Waals surface area contributed by atoms with Crippen molar-refractivity contribution >= 4 is 64.1 Å². The average molecular weight is 511 g/mol. The number of nitrogens with one attached hydrogen (secondary N) is 1. The van der Waals surface area contributed by atoms with E-state index < -0.39 is 23.6 Å². The summed E-state index contributed by atoms with van der Waals surface area (Å²) in [5.41, 5.74) is -0.984. The molecule has 1 fully saturated rings. The molecule has 33 heavy (non-hydrogen) atoms. The molecule has 0 saturated carbocycles. The first-order chi connectivity index (χ1) is 15.5. The van der Waals surface area contributed by atoms with E-state index in [1.165, 1.54) is 18.2 Å². The fourth-order valence-electron chi connectivity index (χ4n) is 3.12. The van der Waals surface area contributed by atoms with Crippen molar-refractivity contribution in [2.75, 3.05) is 4.90 Å². The van der Waals surface area contributed by atoms with E-state index in [0.717, 1.165) is 23.1 Å². The summed E-state index contributed by atoms with van der Waals surface area (Å²) >= 11 is 17.2. The highest BCUT2D eigenvalue weighted by atomic mass is 35.5. The van der Waals surface area contributed by atoms with Crippen LogP contribution in [0.3, 0.4) is 0 Å². The Kier molecular flexibility index (Phi) is 6.04. The first kappa shape index (κ1) is 23.0. The summed E-state index contributed by atoms with van der Waals surface area (Å²) in [5.74, 6) is -1.24. The number of thiocarbonyl (C=S) groups is 1. The molecule has 0 atom stereocenters. The number of hydrogen-bond donors (Lipinski definition) is 1. The van der Waals surface area contributed by atoms with Crippen LogP contribution in [-0.4, -0.2) is 16.9 Å². The van der Waals surface area contributed by atoms with Crippen molar-refractivity contribution in [2.45, 2.75) is 6.18 Å². The van der Waals surface area contributed by atoms with Crippen LogP contribution in [0, 0.1) is 0 Å². The molecule has 0 spiro atoms. The summed E-state index contributed by atoms with van der Waals surface area (Å²) in [5, 5.41) is 2.77. The van der Waals surface area contributed by atoms with Gasteiger partial charge in [-0.05, 0) is 66.8 Å². The fourth-order valence-corrected chi connectivity index (χ4v) is 3.78. The van der Waals surface area contributed by atoms with Gasteiger partial charge in [-0.25, -0.2) is 0 Å². The molecule has 11 heteroatoms. The number of carbonyl (C=O) groups excluding carboxylic acids is 2. The van der Waals surface area contributed by atoms with Crippen LogP contribution in [0.2, 0.25) is 10.0 Å². The van der Waals surface area contributed by atoms with Crippen LogP contribution in [-0.2, 0) is 15.8 Å². The third kappa shape index (κ3) is 4.66. The lowest BCUT2D eigenvalue weighted by Crippen LogP contribution is -2.54. The van der Waals surface area contributed by atoms with Gasteiger partial charge in [-0.15, -0.1) is 0 Å². The molecule has 1 aliphatic heterocycles. The summed E-state index contributed by atoms with van der Waals surface area (Å²) in [6.45, 7) is 0. The zero-order chi connectivity index (χ0) is 23.9. The Hall–Kier alpha value is -3.14. The number of amides is 2. The third-order valence-corrected chi connectivity index (χ3v) is 5.49. The van der Waals surface area contributed by atoms with Crippen LogP contribution < -0.4 is 10.2 Å². The molecule has 1 aliphatic rings. The highest BCUT2D eigenvalue weighted by molar-refractivity contribution is 7.80. The summed E-state index contributed by atoms with van der Waals surface area (Å²) in [4.78, 5) is 26.3. The van der Waals surface area contributed by atoms with Gasteiger partial charge in [0.05, 0.1) is 16.3 Å². The molecule has 0 bridgehead atoms. The van der Waals surface area contributed by atoms with Crippen molar-refractivity contribution < 1.29 is 27.2 Å². The summed E-state index contributed by atoms with van der Waals surface area (Å²) < 4.78 is 45.0. The molecule has 1 aromatic heterocycles. The van der Waals surface area contributed by atoms with Gasteiger partial charge in [-0.3, -0.25) is 19.8 Å². The monoisotopic (exact) mass is 510 g/mol. The molecule has 2 heterocycles. The molecule has 2 aromatic carbocycles. The van der Waals surface area contributed by atoms with Crippen molar-refractivity contribution in [3.63, 3.8) is 0 Å². The minimum Gasteiger partial charge on any atom is -0.457 e. The second-order valence-corrected chi connectivity index (χ2v) is 8.06. The van der Waals surface area contributed by atoms with E-state index in [4.69, 9.17) is 39.8 Å². The molecule has 4 rings (SSSR count). The van der Waals surface area contributed by atoms with Gasteiger partial charge in [0.15, 0.2) is 5.11 Å². The predicted octanol–water partition coefficient (Wildman–Crippen LogP) is 6.10. The van der Waals surface area contributed by atoms with Crippen molar-refractivity contribution in [3.05, 3.63) is 81.5 Å². The number of carbonyl (C=O) groups is 2. The van der Waals surface area contributed by atoms with Crippen LogP contribution >= 0.6 is 35.4 Å². The lowest BCUT2D eigenvalue weighted by Gasteiger charge is -2.29. The van der Waals surface area contributed by atoms with Crippen LogP contribution in [0.4, 0.5) is 18.9 Å². The highest BCUT2D eigenvalue weighted by Gasteiger charge is 2.36. The van der Waals surface area contributed by atoms with Gasteiger partial charge >= 0.3 is 6.18 Å². The van der Waals surface area contributed by atoms with Crippen LogP contribution in [0.15, 0.2) is 64.6 Å². The predicted molar refractivity (Wildman–Crippen MR) is 122 cm³/mol. The van der Waals surface area contributed by atoms with E-state index in [-0.39, 0.29) is 22.1 Å². The van der Waals surface area contributed by atoms with E-state index in [1.54, 1.807) is 24.3 Å². The Labute approximate surface area is 200 Å². The molecular weight excluding hydrogens is 500 g/mol. The highest BCUT2D eigenvalue weighted by Crippen LogP contribution is 2.34. The van der Waals surface area contributed by atoms with Gasteiger partial charge in [0.1, 0.15) is 17.1 Å². The number of alkyl halides is 3. The second-order valence-electron chi connectivity index (χ2n) is 6.83. The number of rotatable bonds is 3. The van der Waals surface area contributed by atoms with Gasteiger partial charge in [-0.1, -0.05) is 29.3 Å². The number of furan rings is 1. The molecule has 5 nitrogen and oxygen atoms in total. The van der Waals surface area contributed by atoms with Gasteiger partial charge in [-0.2, -0.15) is 13.2 Å². The number of anilines is 1. The maximum atomic E-state index is 13.1. The van der Waals surface area contributed by atoms with E-state index in [1.807, 2.05) is 0 Å². The first-order valence-electron chi connectivity index (χ1n) is 9.18. The first-order valence-corrected chi connectivity index (χ1v) is 10.3. The zero-order valence-corrected chi connectivity index (χ0v) is 18.6. The molecule has 168 valence electrons. The Bertz CT molecular complexity index is 1330. The second kappa shape index (κ2) is 8.66. The molecule has 0 radical (unpaired) electrons. The minimum atomic E-state index is -4.62. The Morgan fingerprint density at radius 1 is 1.03 bits per heavy atom. The molecule has 0 unspecified atom stereocenters. The maximum Gasteiger partial charge on any atom is 0.416 e. The maximum absolute atomic E-state index is 13.1. The minimum absolute atomic E-state index is 0.136. The average Bonchev–Trinajstić information content (AvgIpc) is 3.21. The number of benzene rings is 2. The largest absolute Gasteiger partial charge is 0.457 e. The lowest BCUT2D eigenvalue weighted by atomic mass is 10.1. The Morgan fingerprint density at radius 3 is 2.52 bits per heavy atom. The van der Waals surface area contributed by atoms with Crippen LogP contribution in [0.5, 0.6) is 0 Å². The molecule has 2 amide bonds.